The number of nitrogen functional groups attached to an aromatic ring is 1. The molecule has 0 aliphatic rings. The van der Waals surface area contributed by atoms with Crippen molar-refractivity contribution >= 4 is 11.7 Å². The van der Waals surface area contributed by atoms with E-state index in [1.807, 2.05) is 50.9 Å². The van der Waals surface area contributed by atoms with E-state index in [4.69, 9.17) is 11.1 Å². The summed E-state index contributed by atoms with van der Waals surface area (Å²) in [5.41, 5.74) is 9.93. The Hall–Kier alpha value is -2.50. The van der Waals surface area contributed by atoms with Gasteiger partial charge in [-0.3, -0.25) is 10.4 Å². The van der Waals surface area contributed by atoms with E-state index in [9.17, 15) is 0 Å². The van der Waals surface area contributed by atoms with Crippen LogP contribution in [0.5, 0.6) is 0 Å². The SMILES string of the molecule is Cc1cccc(CN(C)c2nnc(C)c(C)c2C(=N)N)n1. The van der Waals surface area contributed by atoms with Crippen LogP contribution in [-0.2, 0) is 6.54 Å². The van der Waals surface area contributed by atoms with Crippen molar-refractivity contribution in [1.29, 1.82) is 5.41 Å². The Labute approximate surface area is 124 Å². The van der Waals surface area contributed by atoms with Crippen LogP contribution < -0.4 is 10.6 Å². The monoisotopic (exact) mass is 284 g/mol. The van der Waals surface area contributed by atoms with Crippen LogP contribution >= 0.6 is 0 Å². The van der Waals surface area contributed by atoms with Crippen LogP contribution in [0.4, 0.5) is 5.82 Å². The summed E-state index contributed by atoms with van der Waals surface area (Å²) >= 11 is 0. The Bertz CT molecular complexity index is 680. The summed E-state index contributed by atoms with van der Waals surface area (Å²) in [6.07, 6.45) is 0. The normalized spacial score (nSPS) is 10.5. The molecule has 2 aromatic heterocycles. The molecule has 0 unspecified atom stereocenters. The van der Waals surface area contributed by atoms with E-state index in [0.717, 1.165) is 22.6 Å². The molecule has 0 saturated heterocycles. The highest BCUT2D eigenvalue weighted by Gasteiger charge is 2.17. The molecule has 110 valence electrons. The molecule has 0 aromatic carbocycles. The zero-order chi connectivity index (χ0) is 15.6. The maximum Gasteiger partial charge on any atom is 0.162 e. The molecule has 0 bridgehead atoms. The lowest BCUT2D eigenvalue weighted by atomic mass is 10.1. The molecular weight excluding hydrogens is 264 g/mol. The fourth-order valence-electron chi connectivity index (χ4n) is 2.19. The topological polar surface area (TPSA) is 91.8 Å². The van der Waals surface area contributed by atoms with Gasteiger partial charge in [0.15, 0.2) is 5.82 Å². The second-order valence-corrected chi connectivity index (χ2v) is 5.15. The molecule has 0 fully saturated rings. The molecule has 2 rings (SSSR count). The van der Waals surface area contributed by atoms with Gasteiger partial charge in [-0.1, -0.05) is 6.07 Å². The molecule has 0 radical (unpaired) electrons. The van der Waals surface area contributed by atoms with Crippen molar-refractivity contribution in [2.24, 2.45) is 5.73 Å². The molecule has 0 aliphatic heterocycles. The quantitative estimate of drug-likeness (QED) is 0.659. The molecule has 0 atom stereocenters. The zero-order valence-corrected chi connectivity index (χ0v) is 12.8. The van der Waals surface area contributed by atoms with Gasteiger partial charge in [0, 0.05) is 12.7 Å². The van der Waals surface area contributed by atoms with E-state index in [0.29, 0.717) is 17.9 Å². The van der Waals surface area contributed by atoms with E-state index >= 15 is 0 Å². The maximum absolute atomic E-state index is 7.79. The minimum Gasteiger partial charge on any atom is -0.384 e. The molecule has 6 nitrogen and oxygen atoms in total. The lowest BCUT2D eigenvalue weighted by molar-refractivity contribution is 0.825. The molecule has 0 amide bonds. The van der Waals surface area contributed by atoms with E-state index in [2.05, 4.69) is 15.2 Å². The van der Waals surface area contributed by atoms with Gasteiger partial charge in [0.2, 0.25) is 0 Å². The van der Waals surface area contributed by atoms with Gasteiger partial charge in [-0.05, 0) is 38.5 Å². The molecule has 2 heterocycles. The Morgan fingerprint density at radius 2 is 1.95 bits per heavy atom. The number of amidine groups is 1. The summed E-state index contributed by atoms with van der Waals surface area (Å²) in [5.74, 6) is 0.610. The Balaban J connectivity index is 2.37. The molecule has 0 saturated carbocycles. The Kier molecular flexibility index (Phi) is 4.16. The van der Waals surface area contributed by atoms with E-state index < -0.39 is 0 Å². The Morgan fingerprint density at radius 1 is 1.24 bits per heavy atom. The van der Waals surface area contributed by atoms with Gasteiger partial charge >= 0.3 is 0 Å². The van der Waals surface area contributed by atoms with Crippen molar-refractivity contribution in [3.63, 3.8) is 0 Å². The third kappa shape index (κ3) is 3.16. The third-order valence-electron chi connectivity index (χ3n) is 3.41. The number of hydrogen-bond acceptors (Lipinski definition) is 5. The average Bonchev–Trinajstić information content (AvgIpc) is 2.41. The lowest BCUT2D eigenvalue weighted by Gasteiger charge is -2.21. The number of anilines is 1. The van der Waals surface area contributed by atoms with E-state index in [1.165, 1.54) is 0 Å². The van der Waals surface area contributed by atoms with Gasteiger partial charge in [-0.2, -0.15) is 5.10 Å². The number of hydrogen-bond donors (Lipinski definition) is 2. The van der Waals surface area contributed by atoms with Crippen molar-refractivity contribution < 1.29 is 0 Å². The second kappa shape index (κ2) is 5.87. The van der Waals surface area contributed by atoms with Gasteiger partial charge in [0.05, 0.1) is 23.5 Å². The van der Waals surface area contributed by atoms with Crippen molar-refractivity contribution in [1.82, 2.24) is 15.2 Å². The summed E-state index contributed by atoms with van der Waals surface area (Å²) in [6.45, 7) is 6.31. The van der Waals surface area contributed by atoms with E-state index in [1.54, 1.807) is 0 Å². The first-order valence-electron chi connectivity index (χ1n) is 6.72. The minimum atomic E-state index is 0.00421. The predicted molar refractivity (Wildman–Crippen MR) is 83.6 cm³/mol. The fraction of sp³-hybridized carbons (Fsp3) is 0.333. The first-order chi connectivity index (χ1) is 9.90. The minimum absolute atomic E-state index is 0.00421. The highest BCUT2D eigenvalue weighted by Crippen LogP contribution is 2.21. The molecule has 6 heteroatoms. The van der Waals surface area contributed by atoms with Gasteiger partial charge in [0.25, 0.3) is 0 Å². The van der Waals surface area contributed by atoms with Crippen molar-refractivity contribution in [3.05, 3.63) is 46.4 Å². The second-order valence-electron chi connectivity index (χ2n) is 5.15. The summed E-state index contributed by atoms with van der Waals surface area (Å²) in [7, 11) is 1.90. The van der Waals surface area contributed by atoms with Crippen LogP contribution in [0.15, 0.2) is 18.2 Å². The van der Waals surface area contributed by atoms with Crippen molar-refractivity contribution in [2.45, 2.75) is 27.3 Å². The highest BCUT2D eigenvalue weighted by molar-refractivity contribution is 6.01. The molecule has 0 aliphatic carbocycles. The summed E-state index contributed by atoms with van der Waals surface area (Å²) < 4.78 is 0. The number of nitrogens with zero attached hydrogens (tertiary/aromatic N) is 4. The van der Waals surface area contributed by atoms with Crippen LogP contribution in [0.3, 0.4) is 0 Å². The van der Waals surface area contributed by atoms with Gasteiger partial charge < -0.3 is 10.6 Å². The maximum atomic E-state index is 7.79. The van der Waals surface area contributed by atoms with Crippen LogP contribution in [0.2, 0.25) is 0 Å². The largest absolute Gasteiger partial charge is 0.384 e. The van der Waals surface area contributed by atoms with Crippen molar-refractivity contribution in [2.75, 3.05) is 11.9 Å². The number of pyridine rings is 1. The van der Waals surface area contributed by atoms with Gasteiger partial charge in [-0.15, -0.1) is 5.10 Å². The fourth-order valence-corrected chi connectivity index (χ4v) is 2.19. The smallest absolute Gasteiger partial charge is 0.162 e. The molecule has 2 aromatic rings. The molecule has 21 heavy (non-hydrogen) atoms. The number of aryl methyl sites for hydroxylation is 2. The number of nitrogens with two attached hydrogens (primary N) is 1. The van der Waals surface area contributed by atoms with Crippen LogP contribution in [0.25, 0.3) is 0 Å². The lowest BCUT2D eigenvalue weighted by Crippen LogP contribution is -2.25. The number of aromatic nitrogens is 3. The van der Waals surface area contributed by atoms with Crippen LogP contribution in [0, 0.1) is 26.2 Å². The molecule has 3 N–H and O–H groups in total. The Morgan fingerprint density at radius 3 is 2.57 bits per heavy atom. The summed E-state index contributed by atoms with van der Waals surface area (Å²) in [4.78, 5) is 6.39. The van der Waals surface area contributed by atoms with Crippen LogP contribution in [-0.4, -0.2) is 28.1 Å². The number of nitrogens with one attached hydrogen (secondary N) is 1. The van der Waals surface area contributed by atoms with Gasteiger partial charge in [0.1, 0.15) is 5.84 Å². The highest BCUT2D eigenvalue weighted by atomic mass is 15.3. The van der Waals surface area contributed by atoms with Gasteiger partial charge in [-0.25, -0.2) is 0 Å². The zero-order valence-electron chi connectivity index (χ0n) is 12.8. The predicted octanol–water partition coefficient (Wildman–Crippen LogP) is 1.72. The van der Waals surface area contributed by atoms with Crippen LogP contribution in [0.1, 0.15) is 28.2 Å². The standard InChI is InChI=1S/C15H20N6/c1-9-6-5-7-12(18-9)8-21(4)15-13(14(16)17)10(2)11(3)19-20-15/h5-7H,8H2,1-4H3,(H3,16,17). The summed E-state index contributed by atoms with van der Waals surface area (Å²) in [6, 6.07) is 5.90. The average molecular weight is 284 g/mol. The number of rotatable bonds is 4. The first kappa shape index (κ1) is 14.9. The summed E-state index contributed by atoms with van der Waals surface area (Å²) in [5, 5.41) is 16.1. The van der Waals surface area contributed by atoms with Crippen molar-refractivity contribution in [3.8, 4) is 0 Å². The molecule has 0 spiro atoms. The molecular formula is C15H20N6. The third-order valence-corrected chi connectivity index (χ3v) is 3.41. The first-order valence-corrected chi connectivity index (χ1v) is 6.72. The van der Waals surface area contributed by atoms with E-state index in [-0.39, 0.29) is 5.84 Å².